The molecule has 0 aromatic heterocycles. The second-order valence-corrected chi connectivity index (χ2v) is 7.48. The minimum atomic E-state index is -0.780. The highest BCUT2D eigenvalue weighted by Gasteiger charge is 2.14. The Morgan fingerprint density at radius 1 is 0.655 bits per heavy atom. The van der Waals surface area contributed by atoms with E-state index in [1.807, 2.05) is 50.2 Å². The van der Waals surface area contributed by atoms with Crippen LogP contribution in [0, 0.1) is 17.5 Å². The van der Waals surface area contributed by atoms with Gasteiger partial charge in [-0.05, 0) is 66.0 Å². The van der Waals surface area contributed by atoms with E-state index in [9.17, 15) is 13.2 Å². The van der Waals surface area contributed by atoms with Gasteiger partial charge >= 0.3 is 0 Å². The van der Waals surface area contributed by atoms with Gasteiger partial charge in [0.2, 0.25) is 0 Å². The molecule has 0 bridgehead atoms. The number of hydrogen-bond donors (Lipinski definition) is 0. The molecule has 3 aromatic rings. The summed E-state index contributed by atoms with van der Waals surface area (Å²) in [4.78, 5) is 0. The first-order chi connectivity index (χ1) is 14.0. The average molecular weight is 396 g/mol. The summed E-state index contributed by atoms with van der Waals surface area (Å²) in [6.45, 7) is 3.97. The third kappa shape index (κ3) is 5.09. The molecule has 0 saturated carbocycles. The molecule has 0 heterocycles. The Hall–Kier alpha value is -2.55. The first-order valence-electron chi connectivity index (χ1n) is 10.4. The van der Waals surface area contributed by atoms with Crippen LogP contribution in [0.25, 0.3) is 11.1 Å². The van der Waals surface area contributed by atoms with Crippen LogP contribution in [0.5, 0.6) is 0 Å². The van der Waals surface area contributed by atoms with E-state index >= 15 is 0 Å². The molecule has 0 N–H and O–H groups in total. The van der Waals surface area contributed by atoms with Crippen LogP contribution in [0.1, 0.15) is 48.9 Å². The van der Waals surface area contributed by atoms with Crippen LogP contribution in [0.2, 0.25) is 0 Å². The van der Waals surface area contributed by atoms with Gasteiger partial charge in [0.25, 0.3) is 0 Å². The first-order valence-corrected chi connectivity index (χ1v) is 10.4. The molecule has 3 heteroatoms. The van der Waals surface area contributed by atoms with E-state index in [0.29, 0.717) is 24.0 Å². The summed E-state index contributed by atoms with van der Waals surface area (Å²) in [7, 11) is 0. The maximum atomic E-state index is 14.5. The summed E-state index contributed by atoms with van der Waals surface area (Å²) in [5.74, 6) is -1.67. The molecule has 0 fully saturated rings. The fourth-order valence-corrected chi connectivity index (χ4v) is 3.55. The van der Waals surface area contributed by atoms with E-state index < -0.39 is 11.6 Å². The van der Waals surface area contributed by atoms with Crippen LogP contribution >= 0.6 is 0 Å². The predicted octanol–water partition coefficient (Wildman–Crippen LogP) is 7.46. The van der Waals surface area contributed by atoms with Gasteiger partial charge in [0, 0.05) is 5.56 Å². The van der Waals surface area contributed by atoms with E-state index in [-0.39, 0.29) is 11.4 Å². The van der Waals surface area contributed by atoms with E-state index in [1.165, 1.54) is 0 Å². The molecule has 29 heavy (non-hydrogen) atoms. The highest BCUT2D eigenvalue weighted by atomic mass is 19.2. The van der Waals surface area contributed by atoms with Crippen LogP contribution in [0.15, 0.2) is 54.6 Å². The summed E-state index contributed by atoms with van der Waals surface area (Å²) in [6.07, 6.45) is 4.52. The quantitative estimate of drug-likeness (QED) is 0.371. The smallest absolute Gasteiger partial charge is 0.166 e. The Morgan fingerprint density at radius 2 is 1.31 bits per heavy atom. The Balaban J connectivity index is 1.70. The van der Waals surface area contributed by atoms with Crippen LogP contribution in [0.4, 0.5) is 13.2 Å². The highest BCUT2D eigenvalue weighted by molar-refractivity contribution is 5.65. The van der Waals surface area contributed by atoms with Gasteiger partial charge in [0.15, 0.2) is 11.6 Å². The monoisotopic (exact) mass is 396 g/mol. The number of halogens is 3. The second-order valence-electron chi connectivity index (χ2n) is 7.48. The van der Waals surface area contributed by atoms with E-state index in [1.54, 1.807) is 18.2 Å². The fourth-order valence-electron chi connectivity index (χ4n) is 3.55. The number of aryl methyl sites for hydroxylation is 4. The number of unbranched alkanes of at least 4 members (excludes halogenated alkanes) is 1. The van der Waals surface area contributed by atoms with E-state index in [2.05, 4.69) is 0 Å². The van der Waals surface area contributed by atoms with Crippen molar-refractivity contribution in [2.75, 3.05) is 0 Å². The lowest BCUT2D eigenvalue weighted by Gasteiger charge is -2.10. The molecule has 0 aliphatic carbocycles. The van der Waals surface area contributed by atoms with E-state index in [4.69, 9.17) is 0 Å². The molecular formula is C26H27F3. The van der Waals surface area contributed by atoms with Crippen molar-refractivity contribution in [3.05, 3.63) is 94.3 Å². The molecule has 0 aliphatic rings. The molecule has 0 aliphatic heterocycles. The van der Waals surface area contributed by atoms with Crippen molar-refractivity contribution in [3.63, 3.8) is 0 Å². The van der Waals surface area contributed by atoms with Crippen LogP contribution in [0.3, 0.4) is 0 Å². The Bertz CT molecular complexity index is 958. The van der Waals surface area contributed by atoms with Gasteiger partial charge < -0.3 is 0 Å². The number of hydrogen-bond acceptors (Lipinski definition) is 0. The largest absolute Gasteiger partial charge is 0.207 e. The molecule has 152 valence electrons. The molecule has 0 unspecified atom stereocenters. The van der Waals surface area contributed by atoms with Crippen LogP contribution < -0.4 is 0 Å². The Kier molecular flexibility index (Phi) is 7.13. The maximum absolute atomic E-state index is 14.5. The predicted molar refractivity (Wildman–Crippen MR) is 114 cm³/mol. The summed E-state index contributed by atoms with van der Waals surface area (Å²) >= 11 is 0. The van der Waals surface area contributed by atoms with Crippen molar-refractivity contribution in [1.29, 1.82) is 0 Å². The van der Waals surface area contributed by atoms with Crippen molar-refractivity contribution >= 4 is 0 Å². The molecule has 0 atom stereocenters. The minimum Gasteiger partial charge on any atom is -0.207 e. The average Bonchev–Trinajstić information content (AvgIpc) is 2.74. The zero-order valence-corrected chi connectivity index (χ0v) is 17.1. The molecule has 0 amide bonds. The van der Waals surface area contributed by atoms with Crippen molar-refractivity contribution in [1.82, 2.24) is 0 Å². The number of benzene rings is 3. The first kappa shape index (κ1) is 21.2. The normalized spacial score (nSPS) is 11.1. The van der Waals surface area contributed by atoms with Crippen molar-refractivity contribution in [2.45, 2.75) is 52.4 Å². The minimum absolute atomic E-state index is 0.153. The summed E-state index contributed by atoms with van der Waals surface area (Å²) in [5, 5.41) is 0. The third-order valence-electron chi connectivity index (χ3n) is 5.43. The Morgan fingerprint density at radius 3 is 1.97 bits per heavy atom. The molecule has 3 aromatic carbocycles. The van der Waals surface area contributed by atoms with Gasteiger partial charge in [0.05, 0.1) is 0 Å². The van der Waals surface area contributed by atoms with Gasteiger partial charge in [-0.2, -0.15) is 0 Å². The van der Waals surface area contributed by atoms with Crippen molar-refractivity contribution in [2.24, 2.45) is 0 Å². The fraction of sp³-hybridized carbons (Fsp3) is 0.308. The lowest BCUT2D eigenvalue weighted by atomic mass is 9.97. The molecule has 0 nitrogen and oxygen atoms in total. The highest BCUT2D eigenvalue weighted by Crippen LogP contribution is 2.27. The van der Waals surface area contributed by atoms with E-state index in [0.717, 1.165) is 42.4 Å². The van der Waals surface area contributed by atoms with Gasteiger partial charge in [-0.3, -0.25) is 0 Å². The van der Waals surface area contributed by atoms with Gasteiger partial charge in [-0.1, -0.05) is 68.8 Å². The number of rotatable bonds is 8. The molecule has 0 spiro atoms. The molecular weight excluding hydrogens is 369 g/mol. The third-order valence-corrected chi connectivity index (χ3v) is 5.43. The molecule has 3 rings (SSSR count). The van der Waals surface area contributed by atoms with Crippen LogP contribution in [-0.2, 0) is 25.7 Å². The topological polar surface area (TPSA) is 0 Å². The lowest BCUT2D eigenvalue weighted by Crippen LogP contribution is -1.98. The van der Waals surface area contributed by atoms with Crippen LogP contribution in [-0.4, -0.2) is 0 Å². The molecule has 0 saturated heterocycles. The van der Waals surface area contributed by atoms with Crippen molar-refractivity contribution < 1.29 is 13.2 Å². The standard InChI is InChI=1S/C26H27F3/c1-3-5-6-22-15-16-23(26(29)25(22)28)21-13-9-18(10-14-21)7-8-19-11-12-20(4-2)24(27)17-19/h9-17H,3-8H2,1-2H3. The Labute approximate surface area is 171 Å². The van der Waals surface area contributed by atoms with Gasteiger partial charge in [-0.25, -0.2) is 13.2 Å². The summed E-state index contributed by atoms with van der Waals surface area (Å²) in [5.41, 5.74) is 4.14. The summed E-state index contributed by atoms with van der Waals surface area (Å²) < 4.78 is 42.8. The van der Waals surface area contributed by atoms with Gasteiger partial charge in [0.1, 0.15) is 5.82 Å². The summed E-state index contributed by atoms with van der Waals surface area (Å²) in [6, 6.07) is 16.2. The lowest BCUT2D eigenvalue weighted by molar-refractivity contribution is 0.499. The second kappa shape index (κ2) is 9.78. The SMILES string of the molecule is CCCCc1ccc(-c2ccc(CCc3ccc(CC)c(F)c3)cc2)c(F)c1F. The van der Waals surface area contributed by atoms with Crippen molar-refractivity contribution in [3.8, 4) is 11.1 Å². The molecule has 0 radical (unpaired) electrons. The van der Waals surface area contributed by atoms with Gasteiger partial charge in [-0.15, -0.1) is 0 Å². The zero-order chi connectivity index (χ0) is 20.8. The zero-order valence-electron chi connectivity index (χ0n) is 17.1. The maximum Gasteiger partial charge on any atom is 0.166 e.